The van der Waals surface area contributed by atoms with Gasteiger partial charge in [-0.3, -0.25) is 0 Å². The first-order chi connectivity index (χ1) is 10.4. The van der Waals surface area contributed by atoms with Crippen LogP contribution in [-0.4, -0.2) is 22.8 Å². The van der Waals surface area contributed by atoms with Crippen LogP contribution in [0.2, 0.25) is 0 Å². The first-order valence-electron chi connectivity index (χ1n) is 7.12. The van der Waals surface area contributed by atoms with Gasteiger partial charge in [-0.1, -0.05) is 26.0 Å². The zero-order chi connectivity index (χ0) is 16.3. The van der Waals surface area contributed by atoms with E-state index in [0.717, 1.165) is 5.56 Å². The average molecular weight is 320 g/mol. The predicted octanol–water partition coefficient (Wildman–Crippen LogP) is 2.38. The van der Waals surface area contributed by atoms with Crippen molar-refractivity contribution in [2.24, 2.45) is 5.92 Å². The highest BCUT2D eigenvalue weighted by Crippen LogP contribution is 2.28. The molecule has 0 unspecified atom stereocenters. The lowest BCUT2D eigenvalue weighted by Gasteiger charge is -2.30. The lowest BCUT2D eigenvalue weighted by Crippen LogP contribution is -2.45. The molecular formula is C16H20N2O3S. The minimum Gasteiger partial charge on any atom is -0.508 e. The molecule has 118 valence electrons. The van der Waals surface area contributed by atoms with Crippen molar-refractivity contribution in [3.8, 4) is 5.75 Å². The van der Waals surface area contributed by atoms with Crippen LogP contribution in [0.5, 0.6) is 5.75 Å². The molecule has 1 aliphatic rings. The van der Waals surface area contributed by atoms with Gasteiger partial charge in [0.25, 0.3) is 0 Å². The number of rotatable bonds is 4. The molecule has 1 heterocycles. The molecule has 2 rings (SSSR count). The quantitative estimate of drug-likeness (QED) is 0.584. The molecule has 1 aromatic rings. The SMILES string of the molecule is CC1=C(C(=O)OCC(C)C)[C@H](c2ccc(O)cc2)NC(=S)N1. The van der Waals surface area contributed by atoms with Crippen LogP contribution in [0, 0.1) is 5.92 Å². The van der Waals surface area contributed by atoms with E-state index in [4.69, 9.17) is 17.0 Å². The topological polar surface area (TPSA) is 70.6 Å². The van der Waals surface area contributed by atoms with E-state index in [0.29, 0.717) is 23.0 Å². The van der Waals surface area contributed by atoms with Gasteiger partial charge in [-0.15, -0.1) is 0 Å². The number of benzene rings is 1. The third-order valence-corrected chi connectivity index (χ3v) is 3.48. The van der Waals surface area contributed by atoms with Gasteiger partial charge in [-0.2, -0.15) is 0 Å². The summed E-state index contributed by atoms with van der Waals surface area (Å²) >= 11 is 5.17. The summed E-state index contributed by atoms with van der Waals surface area (Å²) in [6.45, 7) is 6.13. The maximum Gasteiger partial charge on any atom is 0.338 e. The molecule has 6 heteroatoms. The van der Waals surface area contributed by atoms with E-state index in [1.54, 1.807) is 31.2 Å². The molecule has 1 aromatic carbocycles. The number of nitrogens with one attached hydrogen (secondary N) is 2. The van der Waals surface area contributed by atoms with Crippen molar-refractivity contribution in [1.82, 2.24) is 10.6 Å². The van der Waals surface area contributed by atoms with Gasteiger partial charge in [0.05, 0.1) is 18.2 Å². The highest BCUT2D eigenvalue weighted by Gasteiger charge is 2.30. The molecule has 3 N–H and O–H groups in total. The van der Waals surface area contributed by atoms with Gasteiger partial charge in [0.15, 0.2) is 5.11 Å². The van der Waals surface area contributed by atoms with E-state index < -0.39 is 6.04 Å². The second-order valence-electron chi connectivity index (χ2n) is 5.65. The van der Waals surface area contributed by atoms with Crippen LogP contribution in [0.15, 0.2) is 35.5 Å². The van der Waals surface area contributed by atoms with E-state index in [1.807, 2.05) is 13.8 Å². The molecule has 0 fully saturated rings. The Labute approximate surface area is 135 Å². The maximum atomic E-state index is 12.4. The first kappa shape index (κ1) is 16.3. The van der Waals surface area contributed by atoms with Crippen LogP contribution < -0.4 is 10.6 Å². The van der Waals surface area contributed by atoms with Crippen molar-refractivity contribution in [3.63, 3.8) is 0 Å². The summed E-state index contributed by atoms with van der Waals surface area (Å²) in [7, 11) is 0. The molecule has 0 bridgehead atoms. The minimum atomic E-state index is -0.394. The van der Waals surface area contributed by atoms with Crippen molar-refractivity contribution in [1.29, 1.82) is 0 Å². The number of thiocarbonyl (C=S) groups is 1. The Bertz CT molecular complexity index is 608. The third kappa shape index (κ3) is 3.76. The van der Waals surface area contributed by atoms with Crippen LogP contribution in [0.3, 0.4) is 0 Å². The fourth-order valence-electron chi connectivity index (χ4n) is 2.20. The number of ether oxygens (including phenoxy) is 1. The largest absolute Gasteiger partial charge is 0.508 e. The van der Waals surface area contributed by atoms with Gasteiger partial charge < -0.3 is 20.5 Å². The number of allylic oxidation sites excluding steroid dienone is 1. The monoisotopic (exact) mass is 320 g/mol. The Kier molecular flexibility index (Phi) is 5.03. The number of aromatic hydroxyl groups is 1. The molecule has 22 heavy (non-hydrogen) atoms. The molecule has 1 aliphatic heterocycles. The molecular weight excluding hydrogens is 300 g/mol. The fraction of sp³-hybridized carbons (Fsp3) is 0.375. The van der Waals surface area contributed by atoms with Gasteiger partial charge in [-0.25, -0.2) is 4.79 Å². The van der Waals surface area contributed by atoms with Gasteiger partial charge >= 0.3 is 5.97 Å². The Morgan fingerprint density at radius 1 is 1.36 bits per heavy atom. The number of hydrogen-bond acceptors (Lipinski definition) is 4. The molecule has 0 saturated heterocycles. The number of hydrogen-bond donors (Lipinski definition) is 3. The van der Waals surface area contributed by atoms with E-state index in [-0.39, 0.29) is 17.6 Å². The van der Waals surface area contributed by atoms with Gasteiger partial charge in [-0.05, 0) is 42.8 Å². The summed E-state index contributed by atoms with van der Waals surface area (Å²) in [5, 5.41) is 15.9. The maximum absolute atomic E-state index is 12.4. The summed E-state index contributed by atoms with van der Waals surface area (Å²) in [4.78, 5) is 12.4. The highest BCUT2D eigenvalue weighted by atomic mass is 32.1. The Morgan fingerprint density at radius 3 is 2.59 bits per heavy atom. The molecule has 0 aromatic heterocycles. The molecule has 0 aliphatic carbocycles. The molecule has 5 nitrogen and oxygen atoms in total. The van der Waals surface area contributed by atoms with Crippen LogP contribution in [0.1, 0.15) is 32.4 Å². The van der Waals surface area contributed by atoms with Crippen LogP contribution in [0.4, 0.5) is 0 Å². The molecule has 1 atom stereocenters. The zero-order valence-electron chi connectivity index (χ0n) is 12.8. The standard InChI is InChI=1S/C16H20N2O3S/c1-9(2)8-21-15(20)13-10(3)17-16(22)18-14(13)11-4-6-12(19)7-5-11/h4-7,9,14,19H,8H2,1-3H3,(H2,17,18,22)/t14-/m0/s1. The summed E-state index contributed by atoms with van der Waals surface area (Å²) in [6, 6.07) is 6.27. The van der Waals surface area contributed by atoms with E-state index >= 15 is 0 Å². The molecule has 0 saturated carbocycles. The summed E-state index contributed by atoms with van der Waals surface area (Å²) in [6.07, 6.45) is 0. The van der Waals surface area contributed by atoms with Crippen molar-refractivity contribution >= 4 is 23.3 Å². The van der Waals surface area contributed by atoms with Crippen molar-refractivity contribution in [2.45, 2.75) is 26.8 Å². The number of esters is 1. The highest BCUT2D eigenvalue weighted by molar-refractivity contribution is 7.80. The van der Waals surface area contributed by atoms with Gasteiger partial charge in [0, 0.05) is 5.70 Å². The molecule has 0 amide bonds. The first-order valence-corrected chi connectivity index (χ1v) is 7.53. The number of phenolic OH excluding ortho intramolecular Hbond substituents is 1. The van der Waals surface area contributed by atoms with E-state index in [9.17, 15) is 9.90 Å². The summed E-state index contributed by atoms with van der Waals surface area (Å²) < 4.78 is 5.35. The Morgan fingerprint density at radius 2 is 2.00 bits per heavy atom. The van der Waals surface area contributed by atoms with Crippen molar-refractivity contribution in [3.05, 3.63) is 41.1 Å². The van der Waals surface area contributed by atoms with Crippen LogP contribution in [0.25, 0.3) is 0 Å². The number of phenols is 1. The normalized spacial score (nSPS) is 18.0. The molecule has 0 radical (unpaired) electrons. The van der Waals surface area contributed by atoms with Gasteiger partial charge in [0.1, 0.15) is 5.75 Å². The van der Waals surface area contributed by atoms with E-state index in [2.05, 4.69) is 10.6 Å². The summed E-state index contributed by atoms with van der Waals surface area (Å²) in [5.41, 5.74) is 2.01. The number of carbonyl (C=O) groups is 1. The average Bonchev–Trinajstić information content (AvgIpc) is 2.44. The van der Waals surface area contributed by atoms with Gasteiger partial charge in [0.2, 0.25) is 0 Å². The lowest BCUT2D eigenvalue weighted by atomic mass is 9.95. The predicted molar refractivity (Wildman–Crippen MR) is 88.2 cm³/mol. The zero-order valence-corrected chi connectivity index (χ0v) is 13.7. The van der Waals surface area contributed by atoms with E-state index in [1.165, 1.54) is 0 Å². The second-order valence-corrected chi connectivity index (χ2v) is 6.06. The Balaban J connectivity index is 2.32. The van der Waals surface area contributed by atoms with Crippen LogP contribution >= 0.6 is 12.2 Å². The lowest BCUT2D eigenvalue weighted by molar-refractivity contribution is -0.140. The Hall–Kier alpha value is -2.08. The molecule has 0 spiro atoms. The minimum absolute atomic E-state index is 0.171. The van der Waals surface area contributed by atoms with Crippen molar-refractivity contribution in [2.75, 3.05) is 6.61 Å². The number of carbonyl (C=O) groups excluding carboxylic acids is 1. The fourth-order valence-corrected chi connectivity index (χ4v) is 2.47. The second kappa shape index (κ2) is 6.79. The smallest absolute Gasteiger partial charge is 0.338 e. The third-order valence-electron chi connectivity index (χ3n) is 3.26. The van der Waals surface area contributed by atoms with Crippen LogP contribution in [-0.2, 0) is 9.53 Å². The van der Waals surface area contributed by atoms with Crippen molar-refractivity contribution < 1.29 is 14.6 Å². The summed E-state index contributed by atoms with van der Waals surface area (Å²) in [5.74, 6) is 0.0687.